The van der Waals surface area contributed by atoms with Gasteiger partial charge in [0.2, 0.25) is 0 Å². The summed E-state index contributed by atoms with van der Waals surface area (Å²) in [5.74, 6) is -1.90. The van der Waals surface area contributed by atoms with Crippen LogP contribution in [0.25, 0.3) is 0 Å². The van der Waals surface area contributed by atoms with E-state index in [0.29, 0.717) is 12.0 Å². The average Bonchev–Trinajstić information content (AvgIpc) is 2.87. The van der Waals surface area contributed by atoms with Crippen LogP contribution in [0.3, 0.4) is 0 Å². The van der Waals surface area contributed by atoms with E-state index in [1.54, 1.807) is 6.92 Å². The highest BCUT2D eigenvalue weighted by Crippen LogP contribution is 2.59. The fourth-order valence-corrected chi connectivity index (χ4v) is 3.60. The van der Waals surface area contributed by atoms with Crippen molar-refractivity contribution in [3.63, 3.8) is 0 Å². The first-order valence-electron chi connectivity index (χ1n) is 6.34. The lowest BCUT2D eigenvalue weighted by Gasteiger charge is -2.35. The summed E-state index contributed by atoms with van der Waals surface area (Å²) in [5, 5.41) is 18.5. The maximum atomic E-state index is 11.6. The number of fused-ring (bicyclic) bond motifs is 2. The number of rotatable bonds is 3. The van der Waals surface area contributed by atoms with Crippen LogP contribution in [0.4, 0.5) is 0 Å². The van der Waals surface area contributed by atoms with Crippen LogP contribution < -0.4 is 0 Å². The number of aliphatic carboxylic acids is 1. The molecule has 1 N–H and O–H groups in total. The first kappa shape index (κ1) is 13.6. The molecule has 2 aliphatic carbocycles. The van der Waals surface area contributed by atoms with E-state index in [1.807, 2.05) is 13.0 Å². The third-order valence-electron chi connectivity index (χ3n) is 4.56. The molecule has 2 fully saturated rings. The maximum absolute atomic E-state index is 11.6. The average molecular weight is 263 g/mol. The fourth-order valence-electron chi connectivity index (χ4n) is 3.60. The number of ether oxygens (including phenoxy) is 1. The summed E-state index contributed by atoms with van der Waals surface area (Å²) in [7, 11) is 0. The molecule has 0 aromatic carbocycles. The van der Waals surface area contributed by atoms with Gasteiger partial charge in [0.1, 0.15) is 6.10 Å². The lowest BCUT2D eigenvalue weighted by atomic mass is 9.69. The fraction of sp³-hybridized carbons (Fsp3) is 0.643. The topological polar surface area (TPSA) is 87.4 Å². The van der Waals surface area contributed by atoms with Gasteiger partial charge in [-0.15, -0.1) is 0 Å². The van der Waals surface area contributed by atoms with Crippen molar-refractivity contribution >= 4 is 11.9 Å². The molecule has 5 nitrogen and oxygen atoms in total. The normalized spacial score (nSPS) is 39.6. The van der Waals surface area contributed by atoms with Crippen molar-refractivity contribution < 1.29 is 19.4 Å². The van der Waals surface area contributed by atoms with Crippen molar-refractivity contribution in [2.24, 2.45) is 23.2 Å². The molecule has 0 aromatic heterocycles. The monoisotopic (exact) mass is 263 g/mol. The summed E-state index contributed by atoms with van der Waals surface area (Å²) in [6.07, 6.45) is 0.604. The number of nitriles is 1. The highest BCUT2D eigenvalue weighted by Gasteiger charge is 2.64. The van der Waals surface area contributed by atoms with Gasteiger partial charge < -0.3 is 9.84 Å². The second kappa shape index (κ2) is 4.37. The molecule has 102 valence electrons. The molecular formula is C14H17NO4. The molecule has 2 bridgehead atoms. The molecule has 2 aliphatic rings. The van der Waals surface area contributed by atoms with Crippen LogP contribution in [0, 0.1) is 34.5 Å². The summed E-state index contributed by atoms with van der Waals surface area (Å²) >= 11 is 0. The van der Waals surface area contributed by atoms with Crippen molar-refractivity contribution in [3.8, 4) is 6.07 Å². The first-order valence-corrected chi connectivity index (χ1v) is 6.34. The second-order valence-corrected chi connectivity index (χ2v) is 5.70. The molecule has 0 amide bonds. The van der Waals surface area contributed by atoms with Gasteiger partial charge >= 0.3 is 11.9 Å². The summed E-state index contributed by atoms with van der Waals surface area (Å²) in [4.78, 5) is 23.0. The molecule has 0 spiro atoms. The summed E-state index contributed by atoms with van der Waals surface area (Å²) in [6.45, 7) is 6.97. The molecular weight excluding hydrogens is 246 g/mol. The minimum atomic E-state index is -1.31. The van der Waals surface area contributed by atoms with Gasteiger partial charge in [-0.2, -0.15) is 5.26 Å². The largest absolute Gasteiger partial charge is 0.480 e. The highest BCUT2D eigenvalue weighted by atomic mass is 16.5. The summed E-state index contributed by atoms with van der Waals surface area (Å²) in [6, 6.07) is 1.98. The SMILES string of the molecule is C=C(C)C(=O)OC1C2CC(C1C)C(C#N)(C(=O)O)C2. The van der Waals surface area contributed by atoms with Crippen LogP contribution in [0.5, 0.6) is 0 Å². The lowest BCUT2D eigenvalue weighted by molar-refractivity contribution is -0.157. The van der Waals surface area contributed by atoms with Gasteiger partial charge in [-0.05, 0) is 37.5 Å². The van der Waals surface area contributed by atoms with Gasteiger partial charge in [-0.25, -0.2) is 4.79 Å². The Morgan fingerprint density at radius 3 is 2.58 bits per heavy atom. The first-order chi connectivity index (χ1) is 8.83. The number of nitrogens with zero attached hydrogens (tertiary/aromatic N) is 1. The predicted molar refractivity (Wildman–Crippen MR) is 65.8 cm³/mol. The number of carbonyl (C=O) groups excluding carboxylic acids is 1. The molecule has 19 heavy (non-hydrogen) atoms. The van der Waals surface area contributed by atoms with Crippen molar-refractivity contribution in [1.29, 1.82) is 5.26 Å². The van der Waals surface area contributed by atoms with Crippen LogP contribution in [0.15, 0.2) is 12.2 Å². The molecule has 5 unspecified atom stereocenters. The quantitative estimate of drug-likeness (QED) is 0.619. The Kier molecular flexibility index (Phi) is 3.13. The van der Waals surface area contributed by atoms with E-state index in [4.69, 9.17) is 4.74 Å². The Balaban J connectivity index is 2.19. The van der Waals surface area contributed by atoms with E-state index in [0.717, 1.165) is 0 Å². The van der Waals surface area contributed by atoms with E-state index in [1.165, 1.54) is 0 Å². The third-order valence-corrected chi connectivity index (χ3v) is 4.56. The number of esters is 1. The van der Waals surface area contributed by atoms with E-state index < -0.39 is 17.4 Å². The van der Waals surface area contributed by atoms with E-state index in [-0.39, 0.29) is 30.3 Å². The number of hydrogen-bond acceptors (Lipinski definition) is 4. The number of carboxylic acid groups (broad SMARTS) is 1. The van der Waals surface area contributed by atoms with Crippen molar-refractivity contribution in [1.82, 2.24) is 0 Å². The number of carboxylic acids is 1. The standard InChI is InChI=1S/C14H17NO4/c1-7(2)12(16)19-11-8(3)10-4-9(11)5-14(10,6-15)13(17)18/h8-11H,1,4-5H2,2-3H3,(H,17,18). The smallest absolute Gasteiger partial charge is 0.333 e. The van der Waals surface area contributed by atoms with E-state index >= 15 is 0 Å². The maximum Gasteiger partial charge on any atom is 0.333 e. The van der Waals surface area contributed by atoms with E-state index in [9.17, 15) is 20.0 Å². The zero-order chi connectivity index (χ0) is 14.4. The van der Waals surface area contributed by atoms with Gasteiger partial charge in [0.25, 0.3) is 0 Å². The van der Waals surface area contributed by atoms with Gasteiger partial charge in [-0.1, -0.05) is 13.5 Å². The van der Waals surface area contributed by atoms with Crippen LogP contribution in [-0.4, -0.2) is 23.1 Å². The Labute approximate surface area is 111 Å². The molecule has 0 saturated heterocycles. The van der Waals surface area contributed by atoms with Crippen molar-refractivity contribution in [2.75, 3.05) is 0 Å². The van der Waals surface area contributed by atoms with Gasteiger partial charge in [0.05, 0.1) is 6.07 Å². The van der Waals surface area contributed by atoms with Crippen LogP contribution in [0.1, 0.15) is 26.7 Å². The van der Waals surface area contributed by atoms with Gasteiger partial charge in [0.15, 0.2) is 5.41 Å². The molecule has 2 saturated carbocycles. The molecule has 0 heterocycles. The van der Waals surface area contributed by atoms with Crippen molar-refractivity contribution in [2.45, 2.75) is 32.8 Å². The predicted octanol–water partition coefficient (Wildman–Crippen LogP) is 1.74. The van der Waals surface area contributed by atoms with Crippen LogP contribution >= 0.6 is 0 Å². The second-order valence-electron chi connectivity index (χ2n) is 5.70. The third kappa shape index (κ3) is 1.83. The Morgan fingerprint density at radius 1 is 1.53 bits per heavy atom. The summed E-state index contributed by atoms with van der Waals surface area (Å²) in [5.41, 5.74) is -0.976. The zero-order valence-corrected chi connectivity index (χ0v) is 11.0. The Hall–Kier alpha value is -1.83. The molecule has 0 radical (unpaired) electrons. The summed E-state index contributed by atoms with van der Waals surface area (Å²) < 4.78 is 5.40. The molecule has 0 aromatic rings. The minimum Gasteiger partial charge on any atom is -0.480 e. The lowest BCUT2D eigenvalue weighted by Crippen LogP contribution is -2.44. The van der Waals surface area contributed by atoms with Crippen LogP contribution in [-0.2, 0) is 14.3 Å². The Bertz CT molecular complexity index is 490. The Morgan fingerprint density at radius 2 is 2.16 bits per heavy atom. The molecule has 5 heteroatoms. The molecule has 5 atom stereocenters. The van der Waals surface area contributed by atoms with E-state index in [2.05, 4.69) is 6.58 Å². The highest BCUT2D eigenvalue weighted by molar-refractivity contribution is 5.87. The molecule has 0 aliphatic heterocycles. The minimum absolute atomic E-state index is 0.0425. The van der Waals surface area contributed by atoms with Crippen molar-refractivity contribution in [3.05, 3.63) is 12.2 Å². The zero-order valence-electron chi connectivity index (χ0n) is 11.0. The molecule has 2 rings (SSSR count). The number of hydrogen-bond donors (Lipinski definition) is 1. The number of carbonyl (C=O) groups is 2. The van der Waals surface area contributed by atoms with Crippen LogP contribution in [0.2, 0.25) is 0 Å². The van der Waals surface area contributed by atoms with Gasteiger partial charge in [0, 0.05) is 5.57 Å². The van der Waals surface area contributed by atoms with Gasteiger partial charge in [-0.3, -0.25) is 4.79 Å².